The minimum Gasteiger partial charge on any atom is -0.379 e. The fourth-order valence-electron chi connectivity index (χ4n) is 3.64. The van der Waals surface area contributed by atoms with Gasteiger partial charge in [-0.2, -0.15) is 5.10 Å². The van der Waals surface area contributed by atoms with Gasteiger partial charge in [-0.25, -0.2) is 9.37 Å². The number of H-pyrrole nitrogens is 1. The van der Waals surface area contributed by atoms with Crippen molar-refractivity contribution in [3.8, 4) is 0 Å². The highest BCUT2D eigenvalue weighted by Crippen LogP contribution is 2.31. The van der Waals surface area contributed by atoms with Gasteiger partial charge >= 0.3 is 0 Å². The minimum atomic E-state index is -0.296. The highest BCUT2D eigenvalue weighted by Gasteiger charge is 2.14. The normalized spacial score (nSPS) is 15.3. The number of anilines is 2. The molecule has 28 heavy (non-hydrogen) atoms. The Bertz CT molecular complexity index is 1120. The van der Waals surface area contributed by atoms with Crippen LogP contribution in [0.4, 0.5) is 15.9 Å². The molecule has 0 saturated carbocycles. The van der Waals surface area contributed by atoms with Crippen molar-refractivity contribution in [2.45, 2.75) is 6.54 Å². The molecule has 0 amide bonds. The summed E-state index contributed by atoms with van der Waals surface area (Å²) in [4.78, 5) is 6.99. The maximum Gasteiger partial charge on any atom is 0.157 e. The van der Waals surface area contributed by atoms with Gasteiger partial charge in [-0.05, 0) is 29.8 Å². The zero-order chi connectivity index (χ0) is 18.9. The molecule has 1 aliphatic rings. The summed E-state index contributed by atoms with van der Waals surface area (Å²) in [6.45, 7) is 4.45. The molecule has 2 aromatic heterocycles. The average Bonchev–Trinajstić information content (AvgIpc) is 3.20. The van der Waals surface area contributed by atoms with Crippen LogP contribution in [-0.4, -0.2) is 46.4 Å². The molecule has 1 saturated heterocycles. The third kappa shape index (κ3) is 3.19. The number of nitrogens with one attached hydrogen (secondary N) is 2. The number of aromatic amines is 1. The number of aromatic nitrogens is 3. The molecule has 1 aliphatic heterocycles. The van der Waals surface area contributed by atoms with Gasteiger partial charge in [0.05, 0.1) is 24.9 Å². The van der Waals surface area contributed by atoms with E-state index in [-0.39, 0.29) is 5.82 Å². The Kier molecular flexibility index (Phi) is 4.38. The Hall–Kier alpha value is -3.03. The van der Waals surface area contributed by atoms with Gasteiger partial charge in [0.1, 0.15) is 11.3 Å². The van der Waals surface area contributed by atoms with E-state index in [4.69, 9.17) is 4.74 Å². The van der Waals surface area contributed by atoms with Crippen LogP contribution in [-0.2, 0) is 11.3 Å². The standard InChI is InChI=1S/C21H20FN5O/c22-17-2-1-3-18-19(17)16-12-23-26-20(16)21(25-18)24-15-6-4-14(5-7-15)13-27-8-10-28-11-9-27/h1-7,12H,8-11,13H2,(H,23,26)(H,24,25). The largest absolute Gasteiger partial charge is 0.379 e. The van der Waals surface area contributed by atoms with E-state index in [1.807, 2.05) is 18.2 Å². The van der Waals surface area contributed by atoms with E-state index < -0.39 is 0 Å². The van der Waals surface area contributed by atoms with Crippen LogP contribution in [0.1, 0.15) is 5.56 Å². The van der Waals surface area contributed by atoms with E-state index in [0.29, 0.717) is 22.2 Å². The van der Waals surface area contributed by atoms with Crippen molar-refractivity contribution in [2.75, 3.05) is 31.6 Å². The highest BCUT2D eigenvalue weighted by molar-refractivity contribution is 6.08. The Labute approximate surface area is 161 Å². The molecule has 4 aromatic rings. The number of morpholine rings is 1. The molecule has 2 N–H and O–H groups in total. The zero-order valence-electron chi connectivity index (χ0n) is 15.3. The monoisotopic (exact) mass is 377 g/mol. The van der Waals surface area contributed by atoms with E-state index in [9.17, 15) is 4.39 Å². The first-order valence-corrected chi connectivity index (χ1v) is 9.35. The summed E-state index contributed by atoms with van der Waals surface area (Å²) in [5.74, 6) is 0.335. The lowest BCUT2D eigenvalue weighted by Crippen LogP contribution is -2.35. The number of ether oxygens (including phenoxy) is 1. The fourth-order valence-corrected chi connectivity index (χ4v) is 3.64. The maximum atomic E-state index is 14.3. The van der Waals surface area contributed by atoms with Crippen LogP contribution < -0.4 is 5.32 Å². The summed E-state index contributed by atoms with van der Waals surface area (Å²) in [6, 6.07) is 13.2. The molecular weight excluding hydrogens is 357 g/mol. The van der Waals surface area contributed by atoms with Gasteiger partial charge in [0.15, 0.2) is 5.82 Å². The van der Waals surface area contributed by atoms with Crippen LogP contribution in [0.2, 0.25) is 0 Å². The smallest absolute Gasteiger partial charge is 0.157 e. The second-order valence-electron chi connectivity index (χ2n) is 6.96. The molecule has 5 rings (SSSR count). The van der Waals surface area contributed by atoms with E-state index in [1.165, 1.54) is 11.6 Å². The number of halogens is 1. The third-order valence-corrected chi connectivity index (χ3v) is 5.10. The molecule has 0 aliphatic carbocycles. The lowest BCUT2D eigenvalue weighted by atomic mass is 10.1. The zero-order valence-corrected chi connectivity index (χ0v) is 15.3. The Morgan fingerprint density at radius 2 is 1.93 bits per heavy atom. The van der Waals surface area contributed by atoms with Crippen molar-refractivity contribution in [3.05, 3.63) is 60.0 Å². The van der Waals surface area contributed by atoms with Gasteiger partial charge < -0.3 is 10.1 Å². The second kappa shape index (κ2) is 7.18. The summed E-state index contributed by atoms with van der Waals surface area (Å²) in [7, 11) is 0. The van der Waals surface area contributed by atoms with E-state index in [1.54, 1.807) is 12.3 Å². The number of fused-ring (bicyclic) bond motifs is 3. The Morgan fingerprint density at radius 3 is 2.75 bits per heavy atom. The fraction of sp³-hybridized carbons (Fsp3) is 0.238. The summed E-state index contributed by atoms with van der Waals surface area (Å²) < 4.78 is 19.7. The third-order valence-electron chi connectivity index (χ3n) is 5.10. The molecule has 0 unspecified atom stereocenters. The molecule has 6 nitrogen and oxygen atoms in total. The minimum absolute atomic E-state index is 0.296. The molecule has 0 bridgehead atoms. The van der Waals surface area contributed by atoms with Crippen LogP contribution in [0, 0.1) is 5.82 Å². The van der Waals surface area contributed by atoms with Crippen molar-refractivity contribution in [1.29, 1.82) is 0 Å². The topological polar surface area (TPSA) is 66.1 Å². The van der Waals surface area contributed by atoms with Crippen LogP contribution >= 0.6 is 0 Å². The van der Waals surface area contributed by atoms with Crippen LogP contribution in [0.25, 0.3) is 21.8 Å². The number of hydrogen-bond donors (Lipinski definition) is 2. The first-order chi connectivity index (χ1) is 13.8. The molecule has 0 atom stereocenters. The molecular formula is C21H20FN5O. The van der Waals surface area contributed by atoms with Crippen LogP contribution in [0.3, 0.4) is 0 Å². The number of hydrogen-bond acceptors (Lipinski definition) is 5. The molecule has 1 fully saturated rings. The summed E-state index contributed by atoms with van der Waals surface area (Å²) in [5, 5.41) is 11.6. The van der Waals surface area contributed by atoms with Gasteiger partial charge in [0, 0.05) is 36.1 Å². The number of pyridine rings is 1. The van der Waals surface area contributed by atoms with E-state index >= 15 is 0 Å². The molecule has 0 radical (unpaired) electrons. The SMILES string of the molecule is Fc1cccc2nc(Nc3ccc(CN4CCOCC4)cc3)c3[nH]ncc3c12. The lowest BCUT2D eigenvalue weighted by molar-refractivity contribution is 0.0342. The van der Waals surface area contributed by atoms with Crippen LogP contribution in [0.5, 0.6) is 0 Å². The predicted molar refractivity (Wildman–Crippen MR) is 107 cm³/mol. The number of benzene rings is 2. The van der Waals surface area contributed by atoms with Gasteiger partial charge in [-0.3, -0.25) is 10.00 Å². The molecule has 3 heterocycles. The van der Waals surface area contributed by atoms with Crippen LogP contribution in [0.15, 0.2) is 48.7 Å². The Morgan fingerprint density at radius 1 is 1.11 bits per heavy atom. The molecule has 142 valence electrons. The van der Waals surface area contributed by atoms with Crippen molar-refractivity contribution in [1.82, 2.24) is 20.1 Å². The predicted octanol–water partition coefficient (Wildman–Crippen LogP) is 3.83. The van der Waals surface area contributed by atoms with Crippen molar-refractivity contribution < 1.29 is 9.13 Å². The van der Waals surface area contributed by atoms with Crippen molar-refractivity contribution >= 4 is 33.3 Å². The second-order valence-corrected chi connectivity index (χ2v) is 6.96. The average molecular weight is 377 g/mol. The summed E-state index contributed by atoms with van der Waals surface area (Å²) in [5.41, 5.74) is 3.47. The van der Waals surface area contributed by atoms with Gasteiger partial charge in [-0.15, -0.1) is 0 Å². The number of rotatable bonds is 4. The summed E-state index contributed by atoms with van der Waals surface area (Å²) >= 11 is 0. The molecule has 7 heteroatoms. The first-order valence-electron chi connectivity index (χ1n) is 9.35. The highest BCUT2D eigenvalue weighted by atomic mass is 19.1. The molecule has 2 aromatic carbocycles. The van der Waals surface area contributed by atoms with Crippen molar-refractivity contribution in [3.63, 3.8) is 0 Å². The van der Waals surface area contributed by atoms with E-state index in [0.717, 1.165) is 43.9 Å². The lowest BCUT2D eigenvalue weighted by Gasteiger charge is -2.26. The van der Waals surface area contributed by atoms with Crippen molar-refractivity contribution in [2.24, 2.45) is 0 Å². The van der Waals surface area contributed by atoms with Gasteiger partial charge in [0.25, 0.3) is 0 Å². The maximum absolute atomic E-state index is 14.3. The first kappa shape index (κ1) is 17.1. The molecule has 0 spiro atoms. The summed E-state index contributed by atoms with van der Waals surface area (Å²) in [6.07, 6.45) is 1.64. The van der Waals surface area contributed by atoms with E-state index in [2.05, 4.69) is 37.5 Å². The number of nitrogens with zero attached hydrogens (tertiary/aromatic N) is 3. The van der Waals surface area contributed by atoms with Gasteiger partial charge in [-0.1, -0.05) is 18.2 Å². The van der Waals surface area contributed by atoms with Gasteiger partial charge in [0.2, 0.25) is 0 Å². The Balaban J connectivity index is 1.42. The quantitative estimate of drug-likeness (QED) is 0.566.